The van der Waals surface area contributed by atoms with Crippen molar-refractivity contribution in [3.63, 3.8) is 0 Å². The van der Waals surface area contributed by atoms with Crippen LogP contribution in [0.4, 0.5) is 5.88 Å². The second-order valence-corrected chi connectivity index (χ2v) is 3.43. The highest BCUT2D eigenvalue weighted by Gasteiger charge is 2.14. The van der Waals surface area contributed by atoms with Crippen LogP contribution in [0.3, 0.4) is 0 Å². The van der Waals surface area contributed by atoms with Crippen molar-refractivity contribution in [3.8, 4) is 17.3 Å². The predicted molar refractivity (Wildman–Crippen MR) is 60.4 cm³/mol. The molecule has 0 bridgehead atoms. The van der Waals surface area contributed by atoms with Gasteiger partial charge >= 0.3 is 0 Å². The molecule has 4 heteroatoms. The lowest BCUT2D eigenvalue weighted by Gasteiger charge is -1.98. The summed E-state index contributed by atoms with van der Waals surface area (Å²) in [7, 11) is 0. The van der Waals surface area contributed by atoms with E-state index in [2.05, 4.69) is 12.1 Å². The first-order chi connectivity index (χ1) is 7.76. The second-order valence-electron chi connectivity index (χ2n) is 3.43. The fraction of sp³-hybridized carbons (Fsp3) is 0.167. The van der Waals surface area contributed by atoms with Crippen LogP contribution < -0.4 is 5.73 Å². The molecule has 0 aliphatic carbocycles. The number of benzene rings is 1. The summed E-state index contributed by atoms with van der Waals surface area (Å²) < 4.78 is 4.80. The minimum Gasteiger partial charge on any atom is -0.366 e. The predicted octanol–water partition coefficient (Wildman–Crippen LogP) is 2.36. The lowest BCUT2D eigenvalue weighted by molar-refractivity contribution is 0.439. The minimum atomic E-state index is 0.0667. The van der Waals surface area contributed by atoms with Crippen molar-refractivity contribution in [1.82, 2.24) is 5.16 Å². The van der Waals surface area contributed by atoms with Crippen LogP contribution in [0.25, 0.3) is 11.3 Å². The van der Waals surface area contributed by atoms with Crippen LogP contribution in [-0.4, -0.2) is 5.16 Å². The molecule has 1 heterocycles. The number of anilines is 1. The lowest BCUT2D eigenvalue weighted by atomic mass is 10.1. The van der Waals surface area contributed by atoms with E-state index >= 15 is 0 Å². The van der Waals surface area contributed by atoms with E-state index in [1.54, 1.807) is 0 Å². The number of nitriles is 1. The fourth-order valence-corrected chi connectivity index (χ4v) is 1.51. The molecule has 0 aliphatic heterocycles. The zero-order chi connectivity index (χ0) is 11.5. The maximum Gasteiger partial charge on any atom is 0.240 e. The molecule has 2 rings (SSSR count). The quantitative estimate of drug-likeness (QED) is 0.830. The molecule has 0 spiro atoms. The second kappa shape index (κ2) is 4.07. The Morgan fingerprint density at radius 2 is 2.06 bits per heavy atom. The monoisotopic (exact) mass is 213 g/mol. The van der Waals surface area contributed by atoms with Crippen LogP contribution in [0, 0.1) is 11.3 Å². The van der Waals surface area contributed by atoms with E-state index in [1.807, 2.05) is 30.3 Å². The van der Waals surface area contributed by atoms with Crippen LogP contribution >= 0.6 is 0 Å². The third-order valence-corrected chi connectivity index (χ3v) is 2.47. The van der Waals surface area contributed by atoms with E-state index in [9.17, 15) is 0 Å². The molecule has 2 aromatic rings. The van der Waals surface area contributed by atoms with Gasteiger partial charge in [-0.15, -0.1) is 0 Å². The molecule has 4 nitrogen and oxygen atoms in total. The summed E-state index contributed by atoms with van der Waals surface area (Å²) in [6, 6.07) is 9.82. The van der Waals surface area contributed by atoms with E-state index in [-0.39, 0.29) is 5.88 Å². The molecular formula is C12H11N3O. The molecule has 0 aliphatic rings. The van der Waals surface area contributed by atoms with E-state index in [4.69, 9.17) is 15.5 Å². The fourth-order valence-electron chi connectivity index (χ4n) is 1.51. The van der Waals surface area contributed by atoms with Crippen molar-refractivity contribution in [3.05, 3.63) is 35.4 Å². The molecule has 16 heavy (non-hydrogen) atoms. The summed E-state index contributed by atoms with van der Waals surface area (Å²) in [5.74, 6) is 0.0667. The van der Waals surface area contributed by atoms with Gasteiger partial charge in [-0.25, -0.2) is 0 Å². The van der Waals surface area contributed by atoms with Gasteiger partial charge in [0.05, 0.1) is 0 Å². The molecule has 0 fully saturated rings. The van der Waals surface area contributed by atoms with Gasteiger partial charge in [0, 0.05) is 5.56 Å². The molecule has 0 atom stereocenters. The van der Waals surface area contributed by atoms with Crippen molar-refractivity contribution in [2.45, 2.75) is 13.3 Å². The Morgan fingerprint density at radius 3 is 2.62 bits per heavy atom. The molecule has 1 aromatic carbocycles. The number of nitrogens with zero attached hydrogens (tertiary/aromatic N) is 2. The Bertz CT molecular complexity index is 534. The molecule has 0 saturated heterocycles. The summed E-state index contributed by atoms with van der Waals surface area (Å²) >= 11 is 0. The first-order valence-electron chi connectivity index (χ1n) is 5.00. The lowest BCUT2D eigenvalue weighted by Crippen LogP contribution is -1.87. The summed E-state index contributed by atoms with van der Waals surface area (Å²) in [5.41, 5.74) is 8.37. The smallest absolute Gasteiger partial charge is 0.240 e. The Hall–Kier alpha value is -2.28. The Balaban J connectivity index is 2.47. The number of nitrogen functional groups attached to an aromatic ring is 1. The van der Waals surface area contributed by atoms with E-state index < -0.39 is 0 Å². The van der Waals surface area contributed by atoms with Gasteiger partial charge in [-0.2, -0.15) is 5.26 Å². The van der Waals surface area contributed by atoms with Gasteiger partial charge in [-0.1, -0.05) is 36.3 Å². The largest absolute Gasteiger partial charge is 0.366 e. The summed E-state index contributed by atoms with van der Waals surface area (Å²) in [5, 5.41) is 12.7. The van der Waals surface area contributed by atoms with Gasteiger partial charge in [0.2, 0.25) is 5.88 Å². The van der Waals surface area contributed by atoms with Gasteiger partial charge < -0.3 is 10.3 Å². The topological polar surface area (TPSA) is 75.8 Å². The van der Waals surface area contributed by atoms with Gasteiger partial charge in [-0.3, -0.25) is 0 Å². The Labute approximate surface area is 93.3 Å². The van der Waals surface area contributed by atoms with Crippen molar-refractivity contribution in [2.75, 3.05) is 5.73 Å². The highest BCUT2D eigenvalue weighted by Crippen LogP contribution is 2.26. The molecular weight excluding hydrogens is 202 g/mol. The maximum absolute atomic E-state index is 8.92. The van der Waals surface area contributed by atoms with Crippen LogP contribution in [0.2, 0.25) is 0 Å². The number of aryl methyl sites for hydroxylation is 1. The third-order valence-electron chi connectivity index (χ3n) is 2.47. The highest BCUT2D eigenvalue weighted by atomic mass is 16.5. The molecule has 2 N–H and O–H groups in total. The van der Waals surface area contributed by atoms with Crippen LogP contribution in [0.1, 0.15) is 18.1 Å². The van der Waals surface area contributed by atoms with Crippen molar-refractivity contribution < 1.29 is 4.52 Å². The number of nitrogens with two attached hydrogens (primary N) is 1. The van der Waals surface area contributed by atoms with Crippen LogP contribution in [0.15, 0.2) is 28.8 Å². The van der Waals surface area contributed by atoms with Crippen LogP contribution in [-0.2, 0) is 6.42 Å². The minimum absolute atomic E-state index is 0.0667. The average Bonchev–Trinajstić information content (AvgIpc) is 2.70. The number of aromatic nitrogens is 1. The molecule has 0 amide bonds. The first kappa shape index (κ1) is 10.2. The highest BCUT2D eigenvalue weighted by molar-refractivity contribution is 5.71. The zero-order valence-corrected chi connectivity index (χ0v) is 8.90. The van der Waals surface area contributed by atoms with Crippen LogP contribution in [0.5, 0.6) is 0 Å². The SMILES string of the molecule is CCc1ccc(-c2noc(N)c2C#N)cc1. The molecule has 0 unspecified atom stereocenters. The maximum atomic E-state index is 8.92. The van der Waals surface area contributed by atoms with Crippen molar-refractivity contribution in [1.29, 1.82) is 5.26 Å². The van der Waals surface area contributed by atoms with Gasteiger partial charge in [0.15, 0.2) is 0 Å². The number of rotatable bonds is 2. The molecule has 0 radical (unpaired) electrons. The van der Waals surface area contributed by atoms with E-state index in [0.29, 0.717) is 11.3 Å². The van der Waals surface area contributed by atoms with Gasteiger partial charge in [0.25, 0.3) is 0 Å². The average molecular weight is 213 g/mol. The van der Waals surface area contributed by atoms with Gasteiger partial charge in [-0.05, 0) is 12.0 Å². The van der Waals surface area contributed by atoms with Gasteiger partial charge in [0.1, 0.15) is 17.3 Å². The van der Waals surface area contributed by atoms with Crippen molar-refractivity contribution in [2.24, 2.45) is 0 Å². The molecule has 80 valence electrons. The Kier molecular flexibility index (Phi) is 2.61. The Morgan fingerprint density at radius 1 is 1.38 bits per heavy atom. The molecule has 1 aromatic heterocycles. The van der Waals surface area contributed by atoms with Crippen molar-refractivity contribution >= 4 is 5.88 Å². The zero-order valence-electron chi connectivity index (χ0n) is 8.90. The summed E-state index contributed by atoms with van der Waals surface area (Å²) in [6.45, 7) is 2.09. The number of hydrogen-bond donors (Lipinski definition) is 1. The standard InChI is InChI=1S/C12H11N3O/c1-2-8-3-5-9(6-4-8)11-10(7-13)12(14)16-15-11/h3-6H,2,14H2,1H3. The van der Waals surface area contributed by atoms with E-state index in [1.165, 1.54) is 5.56 Å². The molecule has 0 saturated carbocycles. The number of hydrogen-bond acceptors (Lipinski definition) is 4. The summed E-state index contributed by atoms with van der Waals surface area (Å²) in [4.78, 5) is 0. The van der Waals surface area contributed by atoms with E-state index in [0.717, 1.165) is 12.0 Å². The summed E-state index contributed by atoms with van der Waals surface area (Å²) in [6.07, 6.45) is 0.979. The third kappa shape index (κ3) is 1.63. The normalized spacial score (nSPS) is 10.0. The first-order valence-corrected chi connectivity index (χ1v) is 5.00.